The summed E-state index contributed by atoms with van der Waals surface area (Å²) in [4.78, 5) is 14.9. The molecule has 1 amide bonds. The van der Waals surface area contributed by atoms with Gasteiger partial charge in [0.1, 0.15) is 5.82 Å². The number of rotatable bonds is 2. The molecule has 3 unspecified atom stereocenters. The lowest BCUT2D eigenvalue weighted by molar-refractivity contribution is -0.136. The van der Waals surface area contributed by atoms with Crippen LogP contribution in [0.25, 0.3) is 0 Å². The van der Waals surface area contributed by atoms with Crippen LogP contribution in [0.5, 0.6) is 0 Å². The predicted octanol–water partition coefficient (Wildman–Crippen LogP) is 1.30. The van der Waals surface area contributed by atoms with Gasteiger partial charge in [-0.15, -0.1) is 0 Å². The predicted molar refractivity (Wildman–Crippen MR) is 81.8 cm³/mol. The molecule has 3 aliphatic rings. The van der Waals surface area contributed by atoms with Gasteiger partial charge in [-0.3, -0.25) is 4.79 Å². The summed E-state index contributed by atoms with van der Waals surface area (Å²) in [5.74, 6) is 0.189. The summed E-state index contributed by atoms with van der Waals surface area (Å²) in [6.45, 7) is 4.22. The second kappa shape index (κ2) is 5.32. The zero-order valence-corrected chi connectivity index (χ0v) is 12.6. The van der Waals surface area contributed by atoms with Crippen molar-refractivity contribution in [2.45, 2.75) is 18.9 Å². The molecule has 1 aromatic carbocycles. The molecular formula is C17H22FN3O. The van der Waals surface area contributed by atoms with E-state index in [-0.39, 0.29) is 29.1 Å². The lowest BCUT2D eigenvalue weighted by Gasteiger charge is -2.37. The van der Waals surface area contributed by atoms with Crippen LogP contribution in [0.4, 0.5) is 4.39 Å². The Balaban J connectivity index is 1.55. The maximum atomic E-state index is 13.5. The van der Waals surface area contributed by atoms with Gasteiger partial charge in [-0.1, -0.05) is 12.1 Å². The molecule has 5 heteroatoms. The smallest absolute Gasteiger partial charge is 0.226 e. The first kappa shape index (κ1) is 14.2. The normalized spacial score (nSPS) is 34.1. The van der Waals surface area contributed by atoms with E-state index in [1.807, 2.05) is 11.0 Å². The first-order valence-corrected chi connectivity index (χ1v) is 8.17. The van der Waals surface area contributed by atoms with E-state index in [1.54, 1.807) is 12.1 Å². The first-order valence-electron chi connectivity index (χ1n) is 8.17. The standard InChI is InChI=1S/C17H22FN3O/c18-13-3-1-2-12(8-13)15-10-19-6-7-21(15)16(22)14-9-17(14)4-5-20-11-17/h1-3,8,14-15,19-20H,4-7,9-11H2. The van der Waals surface area contributed by atoms with Gasteiger partial charge in [0.05, 0.1) is 6.04 Å². The van der Waals surface area contributed by atoms with Crippen LogP contribution >= 0.6 is 0 Å². The van der Waals surface area contributed by atoms with Crippen LogP contribution in [-0.4, -0.2) is 43.5 Å². The van der Waals surface area contributed by atoms with Crippen LogP contribution in [0.1, 0.15) is 24.4 Å². The van der Waals surface area contributed by atoms with Gasteiger partial charge in [0.15, 0.2) is 0 Å². The third kappa shape index (κ3) is 2.32. The number of halogens is 1. The maximum Gasteiger partial charge on any atom is 0.226 e. The van der Waals surface area contributed by atoms with Crippen molar-refractivity contribution < 1.29 is 9.18 Å². The zero-order valence-electron chi connectivity index (χ0n) is 12.6. The molecule has 1 spiro atoms. The highest BCUT2D eigenvalue weighted by Crippen LogP contribution is 2.57. The molecule has 118 valence electrons. The van der Waals surface area contributed by atoms with Crippen LogP contribution in [0.3, 0.4) is 0 Å². The van der Waals surface area contributed by atoms with Crippen molar-refractivity contribution in [3.8, 4) is 0 Å². The van der Waals surface area contributed by atoms with E-state index in [2.05, 4.69) is 10.6 Å². The minimum atomic E-state index is -0.238. The average molecular weight is 303 g/mol. The highest BCUT2D eigenvalue weighted by Gasteiger charge is 2.60. The SMILES string of the molecule is O=C(C1CC12CCNC2)N1CCNCC1c1cccc(F)c1. The molecule has 2 saturated heterocycles. The molecule has 0 radical (unpaired) electrons. The molecule has 4 rings (SSSR count). The largest absolute Gasteiger partial charge is 0.333 e. The summed E-state index contributed by atoms with van der Waals surface area (Å²) in [7, 11) is 0. The van der Waals surface area contributed by atoms with Gasteiger partial charge in [-0.05, 0) is 42.5 Å². The second-order valence-corrected chi connectivity index (χ2v) is 6.85. The van der Waals surface area contributed by atoms with Gasteiger partial charge in [-0.25, -0.2) is 4.39 Å². The first-order chi connectivity index (χ1) is 10.7. The van der Waals surface area contributed by atoms with Crippen LogP contribution < -0.4 is 10.6 Å². The third-order valence-electron chi connectivity index (χ3n) is 5.52. The molecule has 1 saturated carbocycles. The maximum absolute atomic E-state index is 13.5. The van der Waals surface area contributed by atoms with Crippen molar-refractivity contribution in [3.05, 3.63) is 35.6 Å². The topological polar surface area (TPSA) is 44.4 Å². The van der Waals surface area contributed by atoms with E-state index < -0.39 is 0 Å². The quantitative estimate of drug-likeness (QED) is 0.865. The summed E-state index contributed by atoms with van der Waals surface area (Å²) in [5, 5.41) is 6.71. The summed E-state index contributed by atoms with van der Waals surface area (Å²) < 4.78 is 13.5. The van der Waals surface area contributed by atoms with Gasteiger partial charge in [0.2, 0.25) is 5.91 Å². The fourth-order valence-corrected chi connectivity index (χ4v) is 4.11. The van der Waals surface area contributed by atoms with Crippen LogP contribution in [0.15, 0.2) is 24.3 Å². The third-order valence-corrected chi connectivity index (χ3v) is 5.52. The van der Waals surface area contributed by atoms with Crippen molar-refractivity contribution in [1.82, 2.24) is 15.5 Å². The highest BCUT2D eigenvalue weighted by molar-refractivity contribution is 5.83. The lowest BCUT2D eigenvalue weighted by atomic mass is 9.99. The molecule has 3 fully saturated rings. The van der Waals surface area contributed by atoms with Crippen LogP contribution in [-0.2, 0) is 4.79 Å². The number of carbonyl (C=O) groups excluding carboxylic acids is 1. The number of nitrogens with zero attached hydrogens (tertiary/aromatic N) is 1. The molecule has 0 aromatic heterocycles. The Morgan fingerprint density at radius 3 is 3.00 bits per heavy atom. The lowest BCUT2D eigenvalue weighted by Crippen LogP contribution is -2.49. The van der Waals surface area contributed by atoms with Crippen molar-refractivity contribution >= 4 is 5.91 Å². The van der Waals surface area contributed by atoms with Crippen molar-refractivity contribution in [2.24, 2.45) is 11.3 Å². The Bertz CT molecular complexity index is 585. The van der Waals surface area contributed by atoms with E-state index in [0.717, 1.165) is 38.0 Å². The number of hydrogen-bond donors (Lipinski definition) is 2. The molecule has 2 heterocycles. The molecule has 2 aliphatic heterocycles. The van der Waals surface area contributed by atoms with E-state index >= 15 is 0 Å². The van der Waals surface area contributed by atoms with Crippen molar-refractivity contribution in [1.29, 1.82) is 0 Å². The fraction of sp³-hybridized carbons (Fsp3) is 0.588. The Morgan fingerprint density at radius 2 is 2.23 bits per heavy atom. The van der Waals surface area contributed by atoms with E-state index in [9.17, 15) is 9.18 Å². The summed E-state index contributed by atoms with van der Waals surface area (Å²) in [6.07, 6.45) is 2.12. The highest BCUT2D eigenvalue weighted by atomic mass is 19.1. The molecule has 22 heavy (non-hydrogen) atoms. The number of amides is 1. The summed E-state index contributed by atoms with van der Waals surface area (Å²) in [5.41, 5.74) is 1.11. The van der Waals surface area contributed by atoms with Gasteiger partial charge in [-0.2, -0.15) is 0 Å². The van der Waals surface area contributed by atoms with Gasteiger partial charge in [0.25, 0.3) is 0 Å². The molecule has 1 aromatic rings. The molecule has 0 bridgehead atoms. The minimum Gasteiger partial charge on any atom is -0.333 e. The average Bonchev–Trinajstić information content (AvgIpc) is 3.03. The molecular weight excluding hydrogens is 281 g/mol. The minimum absolute atomic E-state index is 0.0519. The number of carbonyl (C=O) groups is 1. The Kier molecular flexibility index (Phi) is 3.42. The van der Waals surface area contributed by atoms with Gasteiger partial charge < -0.3 is 15.5 Å². The molecule has 1 aliphatic carbocycles. The number of hydrogen-bond acceptors (Lipinski definition) is 3. The van der Waals surface area contributed by atoms with Crippen molar-refractivity contribution in [2.75, 3.05) is 32.7 Å². The number of piperazine rings is 1. The molecule has 4 nitrogen and oxygen atoms in total. The van der Waals surface area contributed by atoms with Crippen molar-refractivity contribution in [3.63, 3.8) is 0 Å². The Morgan fingerprint density at radius 1 is 1.32 bits per heavy atom. The van der Waals surface area contributed by atoms with Crippen LogP contribution in [0, 0.1) is 17.2 Å². The van der Waals surface area contributed by atoms with E-state index in [1.165, 1.54) is 6.07 Å². The van der Waals surface area contributed by atoms with E-state index in [4.69, 9.17) is 0 Å². The molecule has 3 atom stereocenters. The Labute approximate surface area is 130 Å². The monoisotopic (exact) mass is 303 g/mol. The Hall–Kier alpha value is -1.46. The second-order valence-electron chi connectivity index (χ2n) is 6.85. The fourth-order valence-electron chi connectivity index (χ4n) is 4.11. The summed E-state index contributed by atoms with van der Waals surface area (Å²) >= 11 is 0. The zero-order chi connectivity index (χ0) is 15.2. The number of benzene rings is 1. The number of nitrogens with one attached hydrogen (secondary N) is 2. The van der Waals surface area contributed by atoms with E-state index in [0.29, 0.717) is 13.1 Å². The van der Waals surface area contributed by atoms with Gasteiger partial charge >= 0.3 is 0 Å². The molecule has 2 N–H and O–H groups in total. The van der Waals surface area contributed by atoms with Crippen LogP contribution in [0.2, 0.25) is 0 Å². The van der Waals surface area contributed by atoms with Gasteiger partial charge in [0, 0.05) is 32.1 Å². The summed E-state index contributed by atoms with van der Waals surface area (Å²) in [6, 6.07) is 6.59.